The smallest absolute Gasteiger partial charge is 0.306 e. The summed E-state index contributed by atoms with van der Waals surface area (Å²) in [6, 6.07) is 26.0. The maximum Gasteiger partial charge on any atom is 0.306 e. The second-order valence-electron chi connectivity index (χ2n) is 7.57. The van der Waals surface area contributed by atoms with Gasteiger partial charge in [0, 0.05) is 12.6 Å². The Morgan fingerprint density at radius 1 is 1.00 bits per heavy atom. The van der Waals surface area contributed by atoms with Gasteiger partial charge >= 0.3 is 5.97 Å². The fourth-order valence-corrected chi connectivity index (χ4v) is 4.44. The number of esters is 1. The molecule has 2 unspecified atom stereocenters. The summed E-state index contributed by atoms with van der Waals surface area (Å²) in [6.45, 7) is 4.21. The number of hydrogen-bond acceptors (Lipinski definition) is 3. The van der Waals surface area contributed by atoms with Gasteiger partial charge in [-0.15, -0.1) is 0 Å². The molecule has 1 aliphatic heterocycles. The standard InChI is InChI=1S/C25H27NO2/c1-2-28-24(27)17-23-14-15-26(18-19-8-4-3-5-9-19)25(23)22-13-12-20-10-6-7-11-21(20)16-22/h3-13,16,23,25H,2,14-15,17-18H2,1H3. The van der Waals surface area contributed by atoms with Gasteiger partial charge < -0.3 is 4.74 Å². The molecule has 0 amide bonds. The summed E-state index contributed by atoms with van der Waals surface area (Å²) in [7, 11) is 0. The predicted molar refractivity (Wildman–Crippen MR) is 113 cm³/mol. The summed E-state index contributed by atoms with van der Waals surface area (Å²) in [5.41, 5.74) is 2.60. The lowest BCUT2D eigenvalue weighted by atomic mass is 9.89. The van der Waals surface area contributed by atoms with E-state index >= 15 is 0 Å². The largest absolute Gasteiger partial charge is 0.466 e. The molecule has 0 radical (unpaired) electrons. The molecule has 144 valence electrons. The number of hydrogen-bond donors (Lipinski definition) is 0. The first-order valence-corrected chi connectivity index (χ1v) is 10.2. The average molecular weight is 373 g/mol. The molecule has 0 spiro atoms. The molecule has 3 aromatic rings. The van der Waals surface area contributed by atoms with E-state index in [0.717, 1.165) is 19.5 Å². The molecular formula is C25H27NO2. The van der Waals surface area contributed by atoms with E-state index in [0.29, 0.717) is 13.0 Å². The lowest BCUT2D eigenvalue weighted by Gasteiger charge is -2.29. The number of rotatable bonds is 6. The summed E-state index contributed by atoms with van der Waals surface area (Å²) < 4.78 is 5.25. The van der Waals surface area contributed by atoms with E-state index in [2.05, 4.69) is 77.7 Å². The number of carbonyl (C=O) groups excluding carboxylic acids is 1. The Bertz CT molecular complexity index is 937. The van der Waals surface area contributed by atoms with Crippen molar-refractivity contribution in [2.24, 2.45) is 5.92 Å². The van der Waals surface area contributed by atoms with E-state index < -0.39 is 0 Å². The van der Waals surface area contributed by atoms with Crippen LogP contribution in [0.4, 0.5) is 0 Å². The monoisotopic (exact) mass is 373 g/mol. The van der Waals surface area contributed by atoms with Crippen LogP contribution in [0, 0.1) is 5.92 Å². The topological polar surface area (TPSA) is 29.5 Å². The zero-order valence-electron chi connectivity index (χ0n) is 16.4. The van der Waals surface area contributed by atoms with E-state index in [4.69, 9.17) is 4.74 Å². The van der Waals surface area contributed by atoms with Gasteiger partial charge in [0.1, 0.15) is 0 Å². The normalized spacial score (nSPS) is 19.8. The average Bonchev–Trinajstić information content (AvgIpc) is 3.10. The van der Waals surface area contributed by atoms with E-state index in [9.17, 15) is 4.79 Å². The van der Waals surface area contributed by atoms with Crippen LogP contribution in [0.25, 0.3) is 10.8 Å². The highest BCUT2D eigenvalue weighted by atomic mass is 16.5. The Morgan fingerprint density at radius 2 is 1.75 bits per heavy atom. The molecule has 1 fully saturated rings. The maximum atomic E-state index is 12.2. The number of carbonyl (C=O) groups is 1. The molecule has 0 aliphatic carbocycles. The van der Waals surface area contributed by atoms with Crippen LogP contribution in [-0.2, 0) is 16.1 Å². The minimum Gasteiger partial charge on any atom is -0.466 e. The highest BCUT2D eigenvalue weighted by Crippen LogP contribution is 2.41. The van der Waals surface area contributed by atoms with Gasteiger partial charge in [-0.3, -0.25) is 9.69 Å². The van der Waals surface area contributed by atoms with Crippen LogP contribution in [0.5, 0.6) is 0 Å². The SMILES string of the molecule is CCOC(=O)CC1CCN(Cc2ccccc2)C1c1ccc2ccccc2c1. The first-order valence-electron chi connectivity index (χ1n) is 10.2. The second-order valence-corrected chi connectivity index (χ2v) is 7.57. The number of likely N-dealkylation sites (tertiary alicyclic amines) is 1. The highest BCUT2D eigenvalue weighted by molar-refractivity contribution is 5.83. The zero-order valence-corrected chi connectivity index (χ0v) is 16.4. The van der Waals surface area contributed by atoms with Gasteiger partial charge in [-0.25, -0.2) is 0 Å². The summed E-state index contributed by atoms with van der Waals surface area (Å²) >= 11 is 0. The fraction of sp³-hybridized carbons (Fsp3) is 0.320. The molecule has 3 heteroatoms. The van der Waals surface area contributed by atoms with E-state index in [1.807, 2.05) is 6.92 Å². The first kappa shape index (κ1) is 18.7. The van der Waals surface area contributed by atoms with Gasteiger partial charge in [0.15, 0.2) is 0 Å². The third-order valence-corrected chi connectivity index (χ3v) is 5.70. The number of ether oxygens (including phenoxy) is 1. The quantitative estimate of drug-likeness (QED) is 0.545. The van der Waals surface area contributed by atoms with E-state index in [1.54, 1.807) is 0 Å². The summed E-state index contributed by atoms with van der Waals surface area (Å²) in [5.74, 6) is 0.198. The van der Waals surface area contributed by atoms with Crippen LogP contribution in [0.15, 0.2) is 72.8 Å². The van der Waals surface area contributed by atoms with Gasteiger partial charge in [0.05, 0.1) is 13.0 Å². The first-order chi connectivity index (χ1) is 13.7. The highest BCUT2D eigenvalue weighted by Gasteiger charge is 2.36. The van der Waals surface area contributed by atoms with E-state index in [1.165, 1.54) is 21.9 Å². The predicted octanol–water partition coefficient (Wildman–Crippen LogP) is 5.36. The zero-order chi connectivity index (χ0) is 19.3. The second kappa shape index (κ2) is 8.57. The molecule has 1 aliphatic rings. The van der Waals surface area contributed by atoms with E-state index in [-0.39, 0.29) is 17.9 Å². The lowest BCUT2D eigenvalue weighted by Crippen LogP contribution is -2.26. The van der Waals surface area contributed by atoms with Gasteiger partial charge in [-0.2, -0.15) is 0 Å². The molecule has 1 saturated heterocycles. The molecule has 2 atom stereocenters. The van der Waals surface area contributed by atoms with Crippen LogP contribution in [-0.4, -0.2) is 24.0 Å². The van der Waals surface area contributed by atoms with Crippen LogP contribution >= 0.6 is 0 Å². The summed E-state index contributed by atoms with van der Waals surface area (Å²) in [5, 5.41) is 2.50. The number of benzene rings is 3. The molecule has 0 saturated carbocycles. The molecule has 3 aromatic carbocycles. The minimum atomic E-state index is -0.0835. The van der Waals surface area contributed by atoms with Crippen LogP contribution in [0.2, 0.25) is 0 Å². The minimum absolute atomic E-state index is 0.0835. The Kier molecular flexibility index (Phi) is 5.73. The third kappa shape index (κ3) is 4.10. The van der Waals surface area contributed by atoms with Crippen LogP contribution in [0.1, 0.15) is 36.9 Å². The van der Waals surface area contributed by atoms with Crippen molar-refractivity contribution in [3.8, 4) is 0 Å². The van der Waals surface area contributed by atoms with Crippen molar-refractivity contribution in [2.45, 2.75) is 32.4 Å². The third-order valence-electron chi connectivity index (χ3n) is 5.70. The van der Waals surface area contributed by atoms with Crippen molar-refractivity contribution in [2.75, 3.05) is 13.2 Å². The van der Waals surface area contributed by atoms with Crippen molar-refractivity contribution in [3.63, 3.8) is 0 Å². The summed E-state index contributed by atoms with van der Waals surface area (Å²) in [6.07, 6.45) is 1.50. The Hall–Kier alpha value is -2.65. The molecule has 4 rings (SSSR count). The van der Waals surface area contributed by atoms with Crippen LogP contribution < -0.4 is 0 Å². The van der Waals surface area contributed by atoms with Gasteiger partial charge in [0.25, 0.3) is 0 Å². The van der Waals surface area contributed by atoms with Gasteiger partial charge in [-0.05, 0) is 53.8 Å². The van der Waals surface area contributed by atoms with Crippen molar-refractivity contribution >= 4 is 16.7 Å². The molecular weight excluding hydrogens is 346 g/mol. The Labute approximate surface area is 166 Å². The van der Waals surface area contributed by atoms with Crippen LogP contribution in [0.3, 0.4) is 0 Å². The van der Waals surface area contributed by atoms with Crippen molar-refractivity contribution < 1.29 is 9.53 Å². The molecule has 1 heterocycles. The van der Waals surface area contributed by atoms with Crippen molar-refractivity contribution in [3.05, 3.63) is 83.9 Å². The number of fused-ring (bicyclic) bond motifs is 1. The number of nitrogens with zero attached hydrogens (tertiary/aromatic N) is 1. The summed E-state index contributed by atoms with van der Waals surface area (Å²) in [4.78, 5) is 14.7. The van der Waals surface area contributed by atoms with Gasteiger partial charge in [0.2, 0.25) is 0 Å². The van der Waals surface area contributed by atoms with Crippen molar-refractivity contribution in [1.82, 2.24) is 4.90 Å². The maximum absolute atomic E-state index is 12.2. The Morgan fingerprint density at radius 3 is 2.54 bits per heavy atom. The van der Waals surface area contributed by atoms with Crippen molar-refractivity contribution in [1.29, 1.82) is 0 Å². The molecule has 0 N–H and O–H groups in total. The molecule has 28 heavy (non-hydrogen) atoms. The fourth-order valence-electron chi connectivity index (χ4n) is 4.44. The molecule has 0 bridgehead atoms. The Balaban J connectivity index is 1.64. The van der Waals surface area contributed by atoms with Gasteiger partial charge in [-0.1, -0.05) is 66.7 Å². The molecule has 0 aromatic heterocycles. The lowest BCUT2D eigenvalue weighted by molar-refractivity contribution is -0.144. The molecule has 3 nitrogen and oxygen atoms in total.